The highest BCUT2D eigenvalue weighted by Gasteiger charge is 1.99. The van der Waals surface area contributed by atoms with Crippen LogP contribution in [0.2, 0.25) is 0 Å². The summed E-state index contributed by atoms with van der Waals surface area (Å²) in [6.45, 7) is 0. The monoisotopic (exact) mass is 162 g/mol. The van der Waals surface area contributed by atoms with Crippen LogP contribution in [0.15, 0.2) is 23.3 Å². The lowest BCUT2D eigenvalue weighted by Crippen LogP contribution is -2.11. The minimum atomic E-state index is -0.259. The van der Waals surface area contributed by atoms with Gasteiger partial charge < -0.3 is 5.73 Å². The fourth-order valence-electron chi connectivity index (χ4n) is 1.00. The molecule has 0 radical (unpaired) electrons. The van der Waals surface area contributed by atoms with E-state index >= 15 is 0 Å². The molecule has 0 atom stereocenters. The molecule has 0 aliphatic rings. The summed E-state index contributed by atoms with van der Waals surface area (Å²) in [4.78, 5) is 21.3. The van der Waals surface area contributed by atoms with Crippen LogP contribution in [0.25, 0.3) is 10.9 Å². The molecular formula is C7H6N4O. The maximum atomic E-state index is 11.2. The molecule has 0 saturated heterocycles. The number of aromatic nitrogens is 3. The van der Waals surface area contributed by atoms with Crippen LogP contribution in [-0.4, -0.2) is 15.0 Å². The van der Waals surface area contributed by atoms with Crippen LogP contribution in [0, 0.1) is 0 Å². The van der Waals surface area contributed by atoms with Crippen molar-refractivity contribution in [3.8, 4) is 0 Å². The van der Waals surface area contributed by atoms with Gasteiger partial charge in [0, 0.05) is 12.4 Å². The first-order valence-electron chi connectivity index (χ1n) is 3.37. The summed E-state index contributed by atoms with van der Waals surface area (Å²) in [7, 11) is 0. The second-order valence-electron chi connectivity index (χ2n) is 2.34. The highest BCUT2D eigenvalue weighted by molar-refractivity contribution is 5.76. The standard InChI is InChI=1S/C7H6N4O/c8-7-10-5-1-2-9-3-4(5)6(12)11-7/h1-3H,(H3,8,10,11,12). The first-order chi connectivity index (χ1) is 5.77. The molecule has 0 aliphatic heterocycles. The normalized spacial score (nSPS) is 10.3. The quantitative estimate of drug-likeness (QED) is 0.566. The van der Waals surface area contributed by atoms with Crippen LogP contribution in [-0.2, 0) is 0 Å². The summed E-state index contributed by atoms with van der Waals surface area (Å²) in [5.74, 6) is 0.124. The van der Waals surface area contributed by atoms with Crippen molar-refractivity contribution in [2.24, 2.45) is 0 Å². The molecule has 5 nitrogen and oxygen atoms in total. The van der Waals surface area contributed by atoms with Crippen molar-refractivity contribution < 1.29 is 0 Å². The average Bonchev–Trinajstić information content (AvgIpc) is 2.04. The molecule has 0 aromatic carbocycles. The maximum Gasteiger partial charge on any atom is 0.261 e. The van der Waals surface area contributed by atoms with Gasteiger partial charge >= 0.3 is 0 Å². The van der Waals surface area contributed by atoms with E-state index in [2.05, 4.69) is 15.0 Å². The lowest BCUT2D eigenvalue weighted by molar-refractivity contribution is 1.18. The Balaban J connectivity index is 2.99. The number of hydrogen-bond donors (Lipinski definition) is 2. The number of pyridine rings is 1. The summed E-state index contributed by atoms with van der Waals surface area (Å²) >= 11 is 0. The topological polar surface area (TPSA) is 84.7 Å². The Bertz CT molecular complexity index is 476. The highest BCUT2D eigenvalue weighted by atomic mass is 16.1. The maximum absolute atomic E-state index is 11.2. The third kappa shape index (κ3) is 0.914. The Kier molecular flexibility index (Phi) is 1.30. The van der Waals surface area contributed by atoms with Gasteiger partial charge in [-0.1, -0.05) is 0 Å². The van der Waals surface area contributed by atoms with Gasteiger partial charge in [-0.05, 0) is 6.07 Å². The summed E-state index contributed by atoms with van der Waals surface area (Å²) < 4.78 is 0. The van der Waals surface area contributed by atoms with Crippen LogP contribution in [0.3, 0.4) is 0 Å². The molecule has 0 amide bonds. The molecule has 0 spiro atoms. The fraction of sp³-hybridized carbons (Fsp3) is 0. The Hall–Kier alpha value is -1.91. The Morgan fingerprint density at radius 3 is 3.17 bits per heavy atom. The summed E-state index contributed by atoms with van der Waals surface area (Å²) in [6.07, 6.45) is 3.02. The summed E-state index contributed by atoms with van der Waals surface area (Å²) in [6, 6.07) is 1.64. The van der Waals surface area contributed by atoms with E-state index in [1.54, 1.807) is 12.3 Å². The van der Waals surface area contributed by atoms with Gasteiger partial charge in [0.15, 0.2) is 0 Å². The van der Waals surface area contributed by atoms with E-state index in [1.807, 2.05) is 0 Å². The largest absolute Gasteiger partial charge is 0.369 e. The minimum absolute atomic E-state index is 0.124. The van der Waals surface area contributed by atoms with E-state index in [-0.39, 0.29) is 11.5 Å². The van der Waals surface area contributed by atoms with Crippen molar-refractivity contribution in [3.05, 3.63) is 28.8 Å². The molecule has 12 heavy (non-hydrogen) atoms. The Morgan fingerprint density at radius 1 is 1.50 bits per heavy atom. The van der Waals surface area contributed by atoms with Crippen molar-refractivity contribution in [2.45, 2.75) is 0 Å². The minimum Gasteiger partial charge on any atom is -0.369 e. The second-order valence-corrected chi connectivity index (χ2v) is 2.34. The molecule has 0 unspecified atom stereocenters. The smallest absolute Gasteiger partial charge is 0.261 e. The molecule has 2 rings (SSSR count). The van der Waals surface area contributed by atoms with E-state index in [1.165, 1.54) is 6.20 Å². The molecule has 0 fully saturated rings. The fourth-order valence-corrected chi connectivity index (χ4v) is 1.00. The summed E-state index contributed by atoms with van der Waals surface area (Å²) in [5, 5.41) is 0.451. The molecule has 2 aromatic rings. The van der Waals surface area contributed by atoms with Gasteiger partial charge in [-0.15, -0.1) is 0 Å². The number of nitrogens with zero attached hydrogens (tertiary/aromatic N) is 2. The molecule has 2 heterocycles. The van der Waals surface area contributed by atoms with E-state index in [0.29, 0.717) is 10.9 Å². The number of anilines is 1. The van der Waals surface area contributed by atoms with E-state index in [4.69, 9.17) is 5.73 Å². The number of nitrogens with two attached hydrogens (primary N) is 1. The number of fused-ring (bicyclic) bond motifs is 1. The van der Waals surface area contributed by atoms with Gasteiger partial charge in [-0.3, -0.25) is 14.8 Å². The predicted octanol–water partition coefficient (Wildman–Crippen LogP) is -0.0997. The van der Waals surface area contributed by atoms with Crippen molar-refractivity contribution >= 4 is 16.9 Å². The van der Waals surface area contributed by atoms with Crippen molar-refractivity contribution in [2.75, 3.05) is 5.73 Å². The third-order valence-electron chi connectivity index (χ3n) is 1.53. The lowest BCUT2D eigenvalue weighted by Gasteiger charge is -1.95. The van der Waals surface area contributed by atoms with Gasteiger partial charge in [0.2, 0.25) is 5.95 Å². The Labute approximate surface area is 67.3 Å². The number of hydrogen-bond acceptors (Lipinski definition) is 4. The lowest BCUT2D eigenvalue weighted by atomic mass is 10.3. The molecule has 5 heteroatoms. The van der Waals surface area contributed by atoms with Crippen molar-refractivity contribution in [3.63, 3.8) is 0 Å². The first-order valence-corrected chi connectivity index (χ1v) is 3.37. The zero-order valence-corrected chi connectivity index (χ0v) is 6.11. The van der Waals surface area contributed by atoms with E-state index in [9.17, 15) is 4.79 Å². The second kappa shape index (κ2) is 2.30. The SMILES string of the molecule is Nc1nc2ccncc2c(=O)[nH]1. The van der Waals surface area contributed by atoms with Crippen LogP contribution in [0.4, 0.5) is 5.95 Å². The molecule has 60 valence electrons. The number of H-pyrrole nitrogens is 1. The molecule has 3 N–H and O–H groups in total. The van der Waals surface area contributed by atoms with Crippen LogP contribution < -0.4 is 11.3 Å². The molecule has 0 bridgehead atoms. The van der Waals surface area contributed by atoms with E-state index in [0.717, 1.165) is 0 Å². The van der Waals surface area contributed by atoms with Crippen LogP contribution >= 0.6 is 0 Å². The van der Waals surface area contributed by atoms with E-state index < -0.39 is 0 Å². The number of nitrogens with one attached hydrogen (secondary N) is 1. The van der Waals surface area contributed by atoms with Gasteiger partial charge in [0.05, 0.1) is 10.9 Å². The molecular weight excluding hydrogens is 156 g/mol. The van der Waals surface area contributed by atoms with Crippen LogP contribution in [0.5, 0.6) is 0 Å². The van der Waals surface area contributed by atoms with Crippen LogP contribution in [0.1, 0.15) is 0 Å². The van der Waals surface area contributed by atoms with Gasteiger partial charge in [0.25, 0.3) is 5.56 Å². The predicted molar refractivity (Wildman–Crippen MR) is 44.6 cm³/mol. The first kappa shape index (κ1) is 6.78. The third-order valence-corrected chi connectivity index (χ3v) is 1.53. The van der Waals surface area contributed by atoms with Gasteiger partial charge in [-0.25, -0.2) is 4.98 Å². The van der Waals surface area contributed by atoms with Crippen molar-refractivity contribution in [1.82, 2.24) is 15.0 Å². The van der Waals surface area contributed by atoms with Crippen molar-refractivity contribution in [1.29, 1.82) is 0 Å². The number of rotatable bonds is 0. The van der Waals surface area contributed by atoms with Gasteiger partial charge in [0.1, 0.15) is 0 Å². The Morgan fingerprint density at radius 2 is 2.33 bits per heavy atom. The molecule has 0 saturated carbocycles. The molecule has 2 aromatic heterocycles. The average molecular weight is 162 g/mol. The zero-order chi connectivity index (χ0) is 8.55. The number of aromatic amines is 1. The highest BCUT2D eigenvalue weighted by Crippen LogP contribution is 2.03. The van der Waals surface area contributed by atoms with Gasteiger partial charge in [-0.2, -0.15) is 0 Å². The zero-order valence-electron chi connectivity index (χ0n) is 6.11. The molecule has 0 aliphatic carbocycles. The summed E-state index contributed by atoms with van der Waals surface area (Å²) in [5.41, 5.74) is 5.64. The number of nitrogen functional groups attached to an aromatic ring is 1.